The third-order valence-corrected chi connectivity index (χ3v) is 5.50. The maximum Gasteiger partial charge on any atom is 0.270 e. The van der Waals surface area contributed by atoms with Gasteiger partial charge in [0.25, 0.3) is 11.8 Å². The van der Waals surface area contributed by atoms with Crippen LogP contribution < -0.4 is 5.32 Å². The van der Waals surface area contributed by atoms with E-state index >= 15 is 0 Å². The van der Waals surface area contributed by atoms with Gasteiger partial charge in [-0.1, -0.05) is 36.4 Å². The van der Waals surface area contributed by atoms with E-state index in [0.29, 0.717) is 17.8 Å². The van der Waals surface area contributed by atoms with E-state index in [2.05, 4.69) is 17.2 Å². The van der Waals surface area contributed by atoms with E-state index < -0.39 is 0 Å². The molecule has 5 heteroatoms. The van der Waals surface area contributed by atoms with Crippen molar-refractivity contribution in [2.75, 3.05) is 6.54 Å². The molecule has 1 atom stereocenters. The summed E-state index contributed by atoms with van der Waals surface area (Å²) in [7, 11) is 0. The molecule has 1 aliphatic heterocycles. The van der Waals surface area contributed by atoms with Gasteiger partial charge in [-0.05, 0) is 50.5 Å². The van der Waals surface area contributed by atoms with Crippen LogP contribution in [0.2, 0.25) is 0 Å². The number of nitrogens with one attached hydrogen (secondary N) is 2. The second kappa shape index (κ2) is 8.35. The lowest BCUT2D eigenvalue weighted by Crippen LogP contribution is -2.45. The summed E-state index contributed by atoms with van der Waals surface area (Å²) in [4.78, 5) is 31.3. The van der Waals surface area contributed by atoms with Crippen LogP contribution in [0.25, 0.3) is 17.0 Å². The fourth-order valence-electron chi connectivity index (χ4n) is 3.86. The van der Waals surface area contributed by atoms with Crippen molar-refractivity contribution in [1.82, 2.24) is 15.2 Å². The number of aromatic amines is 1. The first-order chi connectivity index (χ1) is 14.1. The van der Waals surface area contributed by atoms with Crippen LogP contribution >= 0.6 is 0 Å². The van der Waals surface area contributed by atoms with E-state index in [1.54, 1.807) is 18.2 Å². The molecule has 4 rings (SSSR count). The Morgan fingerprint density at radius 3 is 2.62 bits per heavy atom. The summed E-state index contributed by atoms with van der Waals surface area (Å²) in [6.45, 7) is 2.78. The average Bonchev–Trinajstić information content (AvgIpc) is 3.16. The maximum atomic E-state index is 13.4. The highest BCUT2D eigenvalue weighted by molar-refractivity contribution is 6.06. The highest BCUT2D eigenvalue weighted by Gasteiger charge is 2.27. The Hall–Kier alpha value is -3.34. The van der Waals surface area contributed by atoms with Crippen LogP contribution in [0.3, 0.4) is 0 Å². The van der Waals surface area contributed by atoms with Crippen molar-refractivity contribution in [2.24, 2.45) is 0 Å². The fourth-order valence-corrected chi connectivity index (χ4v) is 3.86. The Balaban J connectivity index is 1.70. The number of fused-ring (bicyclic) bond motifs is 1. The third-order valence-electron chi connectivity index (χ3n) is 5.50. The lowest BCUT2D eigenvalue weighted by Gasteiger charge is -2.34. The van der Waals surface area contributed by atoms with E-state index in [4.69, 9.17) is 0 Å². The van der Waals surface area contributed by atoms with Gasteiger partial charge in [0.1, 0.15) is 5.70 Å². The topological polar surface area (TPSA) is 65.2 Å². The summed E-state index contributed by atoms with van der Waals surface area (Å²) in [5, 5.41) is 3.88. The van der Waals surface area contributed by atoms with Crippen molar-refractivity contribution in [1.29, 1.82) is 0 Å². The average molecular weight is 387 g/mol. The second-order valence-electron chi connectivity index (χ2n) is 7.51. The van der Waals surface area contributed by atoms with Gasteiger partial charge in [-0.2, -0.15) is 0 Å². The lowest BCUT2D eigenvalue weighted by molar-refractivity contribution is -0.130. The summed E-state index contributed by atoms with van der Waals surface area (Å²) in [5.41, 5.74) is 2.70. The monoisotopic (exact) mass is 387 g/mol. The molecule has 2 heterocycles. The zero-order valence-electron chi connectivity index (χ0n) is 16.5. The van der Waals surface area contributed by atoms with Crippen molar-refractivity contribution in [3.05, 3.63) is 77.6 Å². The minimum absolute atomic E-state index is 0.133. The predicted octanol–water partition coefficient (Wildman–Crippen LogP) is 4.34. The molecule has 1 saturated heterocycles. The predicted molar refractivity (Wildman–Crippen MR) is 115 cm³/mol. The molecule has 5 nitrogen and oxygen atoms in total. The van der Waals surface area contributed by atoms with Crippen LogP contribution in [0.1, 0.15) is 42.1 Å². The first-order valence-corrected chi connectivity index (χ1v) is 10.1. The molecule has 0 saturated carbocycles. The normalized spacial score (nSPS) is 17.3. The summed E-state index contributed by atoms with van der Waals surface area (Å²) in [6.07, 6.45) is 6.75. The minimum Gasteiger partial charge on any atom is -0.361 e. The molecule has 0 spiro atoms. The Bertz CT molecular complexity index is 1050. The zero-order chi connectivity index (χ0) is 20.2. The first kappa shape index (κ1) is 19.0. The summed E-state index contributed by atoms with van der Waals surface area (Å²) < 4.78 is 0. The molecule has 3 aromatic rings. The molecule has 1 aromatic heterocycles. The van der Waals surface area contributed by atoms with Crippen LogP contribution in [0.15, 0.2) is 66.5 Å². The number of likely N-dealkylation sites (tertiary alicyclic amines) is 1. The van der Waals surface area contributed by atoms with E-state index in [1.807, 2.05) is 53.6 Å². The molecule has 0 bridgehead atoms. The Morgan fingerprint density at radius 1 is 1.07 bits per heavy atom. The van der Waals surface area contributed by atoms with Gasteiger partial charge in [0.15, 0.2) is 0 Å². The van der Waals surface area contributed by atoms with E-state index in [0.717, 1.165) is 35.7 Å². The van der Waals surface area contributed by atoms with Crippen LogP contribution in [-0.4, -0.2) is 34.3 Å². The maximum absolute atomic E-state index is 13.4. The zero-order valence-corrected chi connectivity index (χ0v) is 16.5. The second-order valence-corrected chi connectivity index (χ2v) is 7.51. The molecule has 1 aliphatic rings. The highest BCUT2D eigenvalue weighted by Crippen LogP contribution is 2.23. The minimum atomic E-state index is -0.283. The van der Waals surface area contributed by atoms with E-state index in [1.165, 1.54) is 0 Å². The number of H-pyrrole nitrogens is 1. The molecule has 0 unspecified atom stereocenters. The Kier molecular flexibility index (Phi) is 5.47. The van der Waals surface area contributed by atoms with Gasteiger partial charge in [-0.3, -0.25) is 9.59 Å². The molecular formula is C24H25N3O2. The van der Waals surface area contributed by atoms with Gasteiger partial charge in [-0.15, -0.1) is 0 Å². The third kappa shape index (κ3) is 4.09. The molecule has 29 heavy (non-hydrogen) atoms. The largest absolute Gasteiger partial charge is 0.361 e. The number of hydrogen-bond acceptors (Lipinski definition) is 2. The fraction of sp³-hybridized carbons (Fsp3) is 0.250. The number of carbonyl (C=O) groups is 2. The van der Waals surface area contributed by atoms with Crippen molar-refractivity contribution in [3.8, 4) is 0 Å². The number of nitrogens with zero attached hydrogens (tertiary/aromatic N) is 1. The number of benzene rings is 2. The number of carbonyl (C=O) groups excluding carboxylic acids is 2. The van der Waals surface area contributed by atoms with Crippen LogP contribution in [0, 0.1) is 0 Å². The van der Waals surface area contributed by atoms with Gasteiger partial charge in [0.2, 0.25) is 0 Å². The molecular weight excluding hydrogens is 362 g/mol. The van der Waals surface area contributed by atoms with Crippen molar-refractivity contribution in [3.63, 3.8) is 0 Å². The highest BCUT2D eigenvalue weighted by atomic mass is 16.2. The van der Waals surface area contributed by atoms with Crippen LogP contribution in [0.4, 0.5) is 0 Å². The Morgan fingerprint density at radius 2 is 1.83 bits per heavy atom. The van der Waals surface area contributed by atoms with Gasteiger partial charge in [-0.25, -0.2) is 0 Å². The van der Waals surface area contributed by atoms with Crippen molar-refractivity contribution in [2.45, 2.75) is 32.2 Å². The van der Waals surface area contributed by atoms with Crippen molar-refractivity contribution < 1.29 is 9.59 Å². The molecule has 0 aliphatic carbocycles. The molecule has 2 aromatic carbocycles. The van der Waals surface area contributed by atoms with Gasteiger partial charge >= 0.3 is 0 Å². The quantitative estimate of drug-likeness (QED) is 0.654. The van der Waals surface area contributed by atoms with Crippen LogP contribution in [-0.2, 0) is 4.79 Å². The molecule has 148 valence electrons. The van der Waals surface area contributed by atoms with E-state index in [9.17, 15) is 9.59 Å². The summed E-state index contributed by atoms with van der Waals surface area (Å²) in [5.74, 6) is -0.415. The molecule has 2 N–H and O–H groups in total. The number of amides is 2. The smallest absolute Gasteiger partial charge is 0.270 e. The first-order valence-electron chi connectivity index (χ1n) is 10.1. The van der Waals surface area contributed by atoms with Crippen molar-refractivity contribution >= 4 is 28.8 Å². The van der Waals surface area contributed by atoms with E-state index in [-0.39, 0.29) is 17.9 Å². The summed E-state index contributed by atoms with van der Waals surface area (Å²) >= 11 is 0. The van der Waals surface area contributed by atoms with Gasteiger partial charge < -0.3 is 15.2 Å². The number of aromatic nitrogens is 1. The lowest BCUT2D eigenvalue weighted by atomic mass is 10.0. The molecule has 0 radical (unpaired) electrons. The van der Waals surface area contributed by atoms with Gasteiger partial charge in [0.05, 0.1) is 0 Å². The number of piperidine rings is 1. The number of hydrogen-bond donors (Lipinski definition) is 2. The Labute approximate surface area is 170 Å². The standard InChI is InChI=1S/C24H25N3O2/c1-17-9-7-8-14-27(17)24(29)22(26-23(28)18-10-3-2-4-11-18)15-19-16-25-21-13-6-5-12-20(19)21/h2-6,10-13,15-17,25H,7-9,14H2,1H3,(H,26,28)/b22-15+/t17-/m0/s1. The number of para-hydroxylation sites is 1. The van der Waals surface area contributed by atoms with Gasteiger partial charge in [0, 0.05) is 40.8 Å². The SMILES string of the molecule is C[C@H]1CCCCN1C(=O)/C(=C\c1c[nH]c2ccccc12)NC(=O)c1ccccc1. The number of rotatable bonds is 4. The molecule has 1 fully saturated rings. The molecule has 2 amide bonds. The summed E-state index contributed by atoms with van der Waals surface area (Å²) in [6, 6.07) is 17.1. The van der Waals surface area contributed by atoms with Crippen LogP contribution in [0.5, 0.6) is 0 Å².